The third-order valence-corrected chi connectivity index (χ3v) is 8.38. The number of carbonyl (C=O) groups is 1. The first-order chi connectivity index (χ1) is 16.8. The minimum Gasteiger partial charge on any atom is -0.497 e. The molecule has 0 saturated heterocycles. The predicted octanol–water partition coefficient (Wildman–Crippen LogP) is 4.10. The maximum atomic E-state index is 12.9. The number of carbonyl (C=O) groups excluding carboxylic acids is 1. The summed E-state index contributed by atoms with van der Waals surface area (Å²) in [4.78, 5) is 12.9. The van der Waals surface area contributed by atoms with Crippen molar-refractivity contribution in [2.75, 3.05) is 19.9 Å². The molecule has 0 radical (unpaired) electrons. The molecule has 5 rings (SSSR count). The van der Waals surface area contributed by atoms with Gasteiger partial charge in [0.1, 0.15) is 5.75 Å². The summed E-state index contributed by atoms with van der Waals surface area (Å²) in [5.74, 6) is 1.11. The van der Waals surface area contributed by atoms with Crippen molar-refractivity contribution < 1.29 is 17.9 Å². The van der Waals surface area contributed by atoms with E-state index in [0.29, 0.717) is 26.1 Å². The quantitative estimate of drug-likeness (QED) is 0.541. The van der Waals surface area contributed by atoms with Crippen molar-refractivity contribution >= 4 is 15.9 Å². The molecular weight excluding hydrogens is 460 g/mol. The Morgan fingerprint density at radius 1 is 1.06 bits per heavy atom. The predicted molar refractivity (Wildman–Crippen MR) is 137 cm³/mol. The highest BCUT2D eigenvalue weighted by molar-refractivity contribution is 7.88. The molecule has 182 valence electrons. The Morgan fingerprint density at radius 2 is 1.86 bits per heavy atom. The van der Waals surface area contributed by atoms with Gasteiger partial charge in [-0.25, -0.2) is 8.42 Å². The third kappa shape index (κ3) is 4.97. The normalized spacial score (nSPS) is 19.6. The second-order valence-corrected chi connectivity index (χ2v) is 11.4. The Balaban J connectivity index is 1.40. The number of hydrogen-bond donors (Lipinski definition) is 1. The second-order valence-electron chi connectivity index (χ2n) is 9.39. The average Bonchev–Trinajstić information content (AvgIpc) is 3.68. The Kier molecular flexibility index (Phi) is 6.38. The van der Waals surface area contributed by atoms with Crippen molar-refractivity contribution in [1.29, 1.82) is 0 Å². The molecule has 1 aliphatic carbocycles. The van der Waals surface area contributed by atoms with E-state index in [-0.39, 0.29) is 17.7 Å². The summed E-state index contributed by atoms with van der Waals surface area (Å²) >= 11 is 0. The first-order valence-corrected chi connectivity index (χ1v) is 13.8. The number of methoxy groups -OCH3 is 1. The van der Waals surface area contributed by atoms with Crippen LogP contribution in [0.15, 0.2) is 66.7 Å². The van der Waals surface area contributed by atoms with E-state index in [0.717, 1.165) is 40.0 Å². The smallest absolute Gasteiger partial charge is 0.224 e. The number of fused-ring (bicyclic) bond motifs is 1. The van der Waals surface area contributed by atoms with Crippen LogP contribution in [-0.4, -0.2) is 38.5 Å². The summed E-state index contributed by atoms with van der Waals surface area (Å²) in [6, 6.07) is 22.1. The number of sulfonamides is 1. The fourth-order valence-corrected chi connectivity index (χ4v) is 5.88. The number of hydrogen-bond acceptors (Lipinski definition) is 4. The molecule has 6 nitrogen and oxygen atoms in total. The van der Waals surface area contributed by atoms with Gasteiger partial charge >= 0.3 is 0 Å². The molecule has 0 bridgehead atoms. The van der Waals surface area contributed by atoms with E-state index in [2.05, 4.69) is 23.5 Å². The van der Waals surface area contributed by atoms with Crippen LogP contribution in [0.1, 0.15) is 34.6 Å². The second kappa shape index (κ2) is 9.47. The van der Waals surface area contributed by atoms with Gasteiger partial charge in [-0.2, -0.15) is 4.31 Å². The van der Waals surface area contributed by atoms with Crippen LogP contribution in [-0.2, 0) is 34.3 Å². The van der Waals surface area contributed by atoms with Crippen molar-refractivity contribution in [2.24, 2.45) is 5.92 Å². The summed E-state index contributed by atoms with van der Waals surface area (Å²) in [6.45, 7) is 1.14. The molecule has 0 spiro atoms. The Bertz CT molecular complexity index is 1350. The highest BCUT2D eigenvalue weighted by Crippen LogP contribution is 2.47. The summed E-state index contributed by atoms with van der Waals surface area (Å²) < 4.78 is 31.6. The maximum absolute atomic E-state index is 12.9. The molecule has 2 aliphatic rings. The van der Waals surface area contributed by atoms with E-state index in [1.54, 1.807) is 7.11 Å². The van der Waals surface area contributed by atoms with Gasteiger partial charge in [0.2, 0.25) is 15.9 Å². The fourth-order valence-electron chi connectivity index (χ4n) is 5.09. The Morgan fingerprint density at radius 3 is 2.60 bits per heavy atom. The molecule has 7 heteroatoms. The van der Waals surface area contributed by atoms with Gasteiger partial charge in [-0.3, -0.25) is 4.79 Å². The standard InChI is InChI=1S/C28H30N2O4S/c1-34-22-10-6-9-20(15-22)23-12-11-21(27-18-30(35(2,32)33)14-13-24(23)27)17-29-28(31)26-16-25(26)19-7-4-3-5-8-19/h3-12,15,25-26H,13-14,16-18H2,1-2H3,(H,29,31)/t25-,26+/m1/s1. The topological polar surface area (TPSA) is 75.7 Å². The molecule has 1 amide bonds. The van der Waals surface area contributed by atoms with Crippen LogP contribution in [0.2, 0.25) is 0 Å². The molecule has 1 fully saturated rings. The van der Waals surface area contributed by atoms with Crippen molar-refractivity contribution in [1.82, 2.24) is 9.62 Å². The number of benzene rings is 3. The van der Waals surface area contributed by atoms with Gasteiger partial charge in [0.05, 0.1) is 13.4 Å². The molecule has 0 aromatic heterocycles. The molecule has 2 atom stereocenters. The number of amides is 1. The zero-order valence-corrected chi connectivity index (χ0v) is 20.8. The molecule has 1 heterocycles. The van der Waals surface area contributed by atoms with Crippen LogP contribution in [0, 0.1) is 5.92 Å². The average molecular weight is 491 g/mol. The third-order valence-electron chi connectivity index (χ3n) is 7.13. The van der Waals surface area contributed by atoms with E-state index < -0.39 is 10.0 Å². The zero-order valence-electron chi connectivity index (χ0n) is 20.0. The van der Waals surface area contributed by atoms with E-state index in [1.165, 1.54) is 16.1 Å². The van der Waals surface area contributed by atoms with E-state index in [9.17, 15) is 13.2 Å². The lowest BCUT2D eigenvalue weighted by atomic mass is 9.88. The van der Waals surface area contributed by atoms with Crippen LogP contribution in [0.25, 0.3) is 11.1 Å². The first-order valence-electron chi connectivity index (χ1n) is 11.9. The monoisotopic (exact) mass is 490 g/mol. The number of ether oxygens (including phenoxy) is 1. The Labute approximate surface area is 207 Å². The van der Waals surface area contributed by atoms with E-state index in [1.807, 2.05) is 48.5 Å². The first kappa shape index (κ1) is 23.6. The molecule has 3 aromatic rings. The van der Waals surface area contributed by atoms with Crippen LogP contribution in [0.4, 0.5) is 0 Å². The molecular formula is C28H30N2O4S. The lowest BCUT2D eigenvalue weighted by Crippen LogP contribution is -2.36. The van der Waals surface area contributed by atoms with Crippen LogP contribution >= 0.6 is 0 Å². The highest BCUT2D eigenvalue weighted by atomic mass is 32.2. The SMILES string of the molecule is COc1cccc(-c2ccc(CNC(=O)[C@H]3C[C@@H]3c3ccccc3)c3c2CCN(S(C)(=O)=O)C3)c1. The van der Waals surface area contributed by atoms with Crippen molar-refractivity contribution in [3.05, 3.63) is 89.0 Å². The molecule has 35 heavy (non-hydrogen) atoms. The summed E-state index contributed by atoms with van der Waals surface area (Å²) in [5.41, 5.74) is 6.40. The van der Waals surface area contributed by atoms with Crippen LogP contribution in [0.5, 0.6) is 5.75 Å². The van der Waals surface area contributed by atoms with Gasteiger partial charge < -0.3 is 10.1 Å². The van der Waals surface area contributed by atoms with Gasteiger partial charge in [0.25, 0.3) is 0 Å². The molecule has 1 N–H and O–H groups in total. The zero-order chi connectivity index (χ0) is 24.6. The molecule has 3 aromatic carbocycles. The minimum absolute atomic E-state index is 0.00296. The van der Waals surface area contributed by atoms with Gasteiger partial charge in [0, 0.05) is 25.6 Å². The van der Waals surface area contributed by atoms with Gasteiger partial charge in [-0.05, 0) is 64.3 Å². The number of nitrogens with zero attached hydrogens (tertiary/aromatic N) is 1. The maximum Gasteiger partial charge on any atom is 0.224 e. The Hall–Kier alpha value is -3.16. The van der Waals surface area contributed by atoms with Gasteiger partial charge in [-0.15, -0.1) is 0 Å². The molecule has 1 aliphatic heterocycles. The van der Waals surface area contributed by atoms with E-state index in [4.69, 9.17) is 4.74 Å². The summed E-state index contributed by atoms with van der Waals surface area (Å²) in [7, 11) is -1.67. The lowest BCUT2D eigenvalue weighted by Gasteiger charge is -2.30. The van der Waals surface area contributed by atoms with Gasteiger partial charge in [-0.1, -0.05) is 54.6 Å². The van der Waals surface area contributed by atoms with Crippen molar-refractivity contribution in [3.63, 3.8) is 0 Å². The van der Waals surface area contributed by atoms with Crippen LogP contribution < -0.4 is 10.1 Å². The summed E-state index contributed by atoms with van der Waals surface area (Å²) in [5, 5.41) is 3.11. The molecule has 0 unspecified atom stereocenters. The fraction of sp³-hybridized carbons (Fsp3) is 0.321. The molecule has 1 saturated carbocycles. The van der Waals surface area contributed by atoms with Crippen LogP contribution in [0.3, 0.4) is 0 Å². The number of nitrogens with one attached hydrogen (secondary N) is 1. The highest BCUT2D eigenvalue weighted by Gasteiger charge is 2.43. The largest absolute Gasteiger partial charge is 0.497 e. The minimum atomic E-state index is -3.32. The van der Waals surface area contributed by atoms with Gasteiger partial charge in [0.15, 0.2) is 0 Å². The lowest BCUT2D eigenvalue weighted by molar-refractivity contribution is -0.122. The van der Waals surface area contributed by atoms with Crippen molar-refractivity contribution in [2.45, 2.75) is 31.8 Å². The summed E-state index contributed by atoms with van der Waals surface area (Å²) in [6.07, 6.45) is 2.74. The number of rotatable bonds is 7. The van der Waals surface area contributed by atoms with Crippen molar-refractivity contribution in [3.8, 4) is 16.9 Å². The van der Waals surface area contributed by atoms with E-state index >= 15 is 0 Å².